The van der Waals surface area contributed by atoms with Gasteiger partial charge in [0.05, 0.1) is 19.3 Å². The van der Waals surface area contributed by atoms with Crippen LogP contribution in [0, 0.1) is 0 Å². The fourth-order valence-electron chi connectivity index (χ4n) is 1.09. The monoisotopic (exact) mass is 224 g/mol. The van der Waals surface area contributed by atoms with E-state index >= 15 is 0 Å². The molecule has 0 bridgehead atoms. The highest BCUT2D eigenvalue weighted by molar-refractivity contribution is 5.80. The summed E-state index contributed by atoms with van der Waals surface area (Å²) in [6.45, 7) is -0.552. The van der Waals surface area contributed by atoms with E-state index in [1.807, 2.05) is 0 Å². The van der Waals surface area contributed by atoms with Gasteiger partial charge in [-0.15, -0.1) is 0 Å². The summed E-state index contributed by atoms with van der Waals surface area (Å²) in [5, 5.41) is 21.4. The molecule has 0 aromatic heterocycles. The number of oxime groups is 1. The van der Waals surface area contributed by atoms with Crippen molar-refractivity contribution in [3.05, 3.63) is 23.8 Å². The van der Waals surface area contributed by atoms with Gasteiger partial charge < -0.3 is 24.6 Å². The molecule has 0 aliphatic rings. The largest absolute Gasteiger partial charge is 0.546 e. The summed E-state index contributed by atoms with van der Waals surface area (Å²) in [6.07, 6.45) is 1.21. The summed E-state index contributed by atoms with van der Waals surface area (Å²) in [5.74, 6) is -0.691. The average molecular weight is 224 g/mol. The second-order valence-electron chi connectivity index (χ2n) is 2.82. The van der Waals surface area contributed by atoms with E-state index in [0.717, 1.165) is 0 Å². The van der Waals surface area contributed by atoms with Gasteiger partial charge in [-0.05, 0) is 18.2 Å². The number of hydrogen-bond acceptors (Lipinski definition) is 6. The fraction of sp³-hybridized carbons (Fsp3) is 0.200. The Hall–Kier alpha value is -2.24. The summed E-state index contributed by atoms with van der Waals surface area (Å²) in [6, 6.07) is 4.65. The number of hydrogen-bond donors (Lipinski definition) is 1. The van der Waals surface area contributed by atoms with Crippen molar-refractivity contribution in [2.75, 3.05) is 13.7 Å². The number of ether oxygens (including phenoxy) is 2. The molecule has 0 heterocycles. The van der Waals surface area contributed by atoms with Crippen LogP contribution in [0.2, 0.25) is 0 Å². The number of carboxylic acid groups (broad SMARTS) is 1. The molecule has 1 N–H and O–H groups in total. The topological polar surface area (TPSA) is 91.2 Å². The molecule has 0 saturated heterocycles. The Morgan fingerprint density at radius 3 is 2.88 bits per heavy atom. The van der Waals surface area contributed by atoms with Crippen LogP contribution in [-0.2, 0) is 4.79 Å². The van der Waals surface area contributed by atoms with E-state index in [-0.39, 0.29) is 5.75 Å². The number of rotatable bonds is 5. The van der Waals surface area contributed by atoms with Crippen molar-refractivity contribution < 1.29 is 24.6 Å². The minimum Gasteiger partial charge on any atom is -0.546 e. The fourth-order valence-corrected chi connectivity index (χ4v) is 1.09. The maximum atomic E-state index is 10.2. The van der Waals surface area contributed by atoms with Crippen molar-refractivity contribution in [3.8, 4) is 11.5 Å². The first-order valence-electron chi connectivity index (χ1n) is 4.35. The highest BCUT2D eigenvalue weighted by Gasteiger charge is 2.04. The summed E-state index contributed by atoms with van der Waals surface area (Å²) >= 11 is 0. The third-order valence-corrected chi connectivity index (χ3v) is 1.74. The van der Waals surface area contributed by atoms with Crippen LogP contribution in [0.5, 0.6) is 11.5 Å². The van der Waals surface area contributed by atoms with Crippen molar-refractivity contribution in [1.29, 1.82) is 0 Å². The van der Waals surface area contributed by atoms with Crippen LogP contribution in [0.1, 0.15) is 5.56 Å². The molecule has 1 aromatic carbocycles. The van der Waals surface area contributed by atoms with Crippen LogP contribution in [0.4, 0.5) is 0 Å². The van der Waals surface area contributed by atoms with Gasteiger partial charge in [0.25, 0.3) is 0 Å². The minimum absolute atomic E-state index is 0.279. The molecule has 1 rings (SSSR count). The van der Waals surface area contributed by atoms with Gasteiger partial charge in [0.1, 0.15) is 6.61 Å². The van der Waals surface area contributed by atoms with E-state index in [1.54, 1.807) is 12.1 Å². The number of aliphatic carboxylic acids is 1. The Kier molecular flexibility index (Phi) is 4.14. The van der Waals surface area contributed by atoms with Crippen molar-refractivity contribution >= 4 is 12.2 Å². The molecule has 0 aliphatic heterocycles. The van der Waals surface area contributed by atoms with E-state index in [4.69, 9.17) is 14.7 Å². The van der Waals surface area contributed by atoms with Gasteiger partial charge in [-0.3, -0.25) is 0 Å². The molecule has 0 spiro atoms. The van der Waals surface area contributed by atoms with Crippen LogP contribution in [0.3, 0.4) is 0 Å². The number of nitrogens with zero attached hydrogens (tertiary/aromatic N) is 1. The maximum Gasteiger partial charge on any atom is 0.161 e. The molecule has 0 radical (unpaired) electrons. The lowest BCUT2D eigenvalue weighted by molar-refractivity contribution is -0.307. The number of benzene rings is 1. The molecule has 16 heavy (non-hydrogen) atoms. The molecule has 6 heteroatoms. The lowest BCUT2D eigenvalue weighted by Crippen LogP contribution is -2.29. The molecular weight excluding hydrogens is 214 g/mol. The first-order valence-corrected chi connectivity index (χ1v) is 4.35. The maximum absolute atomic E-state index is 10.2. The predicted octanol–water partition coefficient (Wildman–Crippen LogP) is -0.368. The molecule has 0 saturated carbocycles. The standard InChI is InChI=1S/C10H11NO5/c1-15-9-4-7(5-11-14)2-3-8(9)16-6-10(12)13/h2-5,14H,6H2,1H3,(H,12,13)/p-1/b11-5+. The molecule has 0 aliphatic carbocycles. The smallest absolute Gasteiger partial charge is 0.161 e. The van der Waals surface area contributed by atoms with Crippen molar-refractivity contribution in [1.82, 2.24) is 0 Å². The zero-order valence-electron chi connectivity index (χ0n) is 8.54. The molecule has 1 aromatic rings. The number of carboxylic acids is 1. The second kappa shape index (κ2) is 5.59. The lowest BCUT2D eigenvalue weighted by atomic mass is 10.2. The normalized spacial score (nSPS) is 10.3. The average Bonchev–Trinajstić information content (AvgIpc) is 2.27. The van der Waals surface area contributed by atoms with Crippen LogP contribution < -0.4 is 14.6 Å². The Labute approximate surface area is 91.7 Å². The molecule has 0 amide bonds. The highest BCUT2D eigenvalue weighted by atomic mass is 16.5. The van der Waals surface area contributed by atoms with E-state index in [2.05, 4.69) is 5.16 Å². The number of carbonyl (C=O) groups is 1. The van der Waals surface area contributed by atoms with Crippen LogP contribution in [-0.4, -0.2) is 31.1 Å². The van der Waals surface area contributed by atoms with Crippen LogP contribution in [0.25, 0.3) is 0 Å². The molecule has 0 atom stereocenters. The number of methoxy groups -OCH3 is 1. The SMILES string of the molecule is COc1cc(/C=N/O)ccc1OCC(=O)[O-]. The summed E-state index contributed by atoms with van der Waals surface area (Å²) in [5.41, 5.74) is 0.597. The summed E-state index contributed by atoms with van der Waals surface area (Å²) < 4.78 is 9.91. The molecule has 86 valence electrons. The predicted molar refractivity (Wildman–Crippen MR) is 52.9 cm³/mol. The Morgan fingerprint density at radius 2 is 2.31 bits per heavy atom. The molecule has 0 unspecified atom stereocenters. The summed E-state index contributed by atoms with van der Waals surface area (Å²) in [4.78, 5) is 10.2. The van der Waals surface area contributed by atoms with Crippen molar-refractivity contribution in [2.45, 2.75) is 0 Å². The van der Waals surface area contributed by atoms with Gasteiger partial charge in [-0.2, -0.15) is 0 Å². The van der Waals surface area contributed by atoms with E-state index < -0.39 is 12.6 Å². The van der Waals surface area contributed by atoms with Crippen LogP contribution in [0.15, 0.2) is 23.4 Å². The molecule has 0 fully saturated rings. The van der Waals surface area contributed by atoms with Gasteiger partial charge in [-0.25, -0.2) is 0 Å². The van der Waals surface area contributed by atoms with E-state index in [9.17, 15) is 9.90 Å². The first kappa shape index (κ1) is 11.8. The Bertz CT molecular complexity index is 402. The third kappa shape index (κ3) is 3.16. The van der Waals surface area contributed by atoms with Crippen LogP contribution >= 0.6 is 0 Å². The third-order valence-electron chi connectivity index (χ3n) is 1.74. The van der Waals surface area contributed by atoms with E-state index in [1.165, 1.54) is 19.4 Å². The quantitative estimate of drug-likeness (QED) is 0.418. The zero-order chi connectivity index (χ0) is 12.0. The summed E-state index contributed by atoms with van der Waals surface area (Å²) in [7, 11) is 1.42. The first-order chi connectivity index (χ1) is 7.67. The van der Waals surface area contributed by atoms with Gasteiger partial charge in [0, 0.05) is 5.56 Å². The zero-order valence-corrected chi connectivity index (χ0v) is 8.54. The van der Waals surface area contributed by atoms with Gasteiger partial charge >= 0.3 is 0 Å². The van der Waals surface area contributed by atoms with Crippen molar-refractivity contribution in [2.24, 2.45) is 5.16 Å². The minimum atomic E-state index is -1.32. The molecular formula is C10H10NO5-. The van der Waals surface area contributed by atoms with Gasteiger partial charge in [0.2, 0.25) is 0 Å². The Balaban J connectivity index is 2.88. The van der Waals surface area contributed by atoms with E-state index in [0.29, 0.717) is 11.3 Å². The molecule has 6 nitrogen and oxygen atoms in total. The van der Waals surface area contributed by atoms with Gasteiger partial charge in [-0.1, -0.05) is 5.16 Å². The van der Waals surface area contributed by atoms with Crippen molar-refractivity contribution in [3.63, 3.8) is 0 Å². The highest BCUT2D eigenvalue weighted by Crippen LogP contribution is 2.27. The number of carbonyl (C=O) groups excluding carboxylic acids is 1. The lowest BCUT2D eigenvalue weighted by Gasteiger charge is -2.11. The second-order valence-corrected chi connectivity index (χ2v) is 2.82. The Morgan fingerprint density at radius 1 is 1.56 bits per heavy atom. The van der Waals surface area contributed by atoms with Gasteiger partial charge in [0.15, 0.2) is 11.5 Å².